The smallest absolute Gasteiger partial charge is 0.246 e. The van der Waals surface area contributed by atoms with Crippen LogP contribution in [0.4, 0.5) is 10.9 Å². The molecule has 1 aliphatic heterocycles. The van der Waals surface area contributed by atoms with Crippen molar-refractivity contribution in [2.24, 2.45) is 0 Å². The molecule has 0 saturated heterocycles. The summed E-state index contributed by atoms with van der Waals surface area (Å²) in [6, 6.07) is 4.96. The van der Waals surface area contributed by atoms with Crippen molar-refractivity contribution in [3.8, 4) is 11.3 Å². The van der Waals surface area contributed by atoms with Crippen LogP contribution in [0.5, 0.6) is 0 Å². The molecule has 1 unspecified atom stereocenters. The average Bonchev–Trinajstić information content (AvgIpc) is 3.33. The highest BCUT2D eigenvalue weighted by Gasteiger charge is 2.36. The highest BCUT2D eigenvalue weighted by atomic mass is 35.5. The Hall–Kier alpha value is -2.42. The molecule has 0 aliphatic carbocycles. The number of imidazole rings is 1. The van der Waals surface area contributed by atoms with E-state index in [1.165, 1.54) is 17.7 Å². The number of ketones is 1. The molecule has 0 saturated carbocycles. The number of likely N-dealkylation sites (N-methyl/N-ethyl adjacent to an activating group) is 1. The number of amides is 1. The molecular formula is C18H15Cl2N5O2S. The number of benzene rings is 1. The van der Waals surface area contributed by atoms with E-state index in [-0.39, 0.29) is 24.3 Å². The van der Waals surface area contributed by atoms with Gasteiger partial charge in [-0.15, -0.1) is 11.3 Å². The molecule has 0 bridgehead atoms. The SMILES string of the molecule is CC1C(=O)c2c(ncn2CC(=O)Nc2nc(-c3ccc(Cl)c(Cl)c3)cs2)N1C. The zero-order chi connectivity index (χ0) is 20.0. The molecule has 10 heteroatoms. The summed E-state index contributed by atoms with van der Waals surface area (Å²) in [5, 5.41) is 5.95. The number of thiazole rings is 1. The van der Waals surface area contributed by atoms with E-state index in [0.29, 0.717) is 32.4 Å². The molecule has 1 aromatic carbocycles. The quantitative estimate of drug-likeness (QED) is 0.670. The van der Waals surface area contributed by atoms with Crippen molar-refractivity contribution in [1.29, 1.82) is 0 Å². The number of rotatable bonds is 4. The van der Waals surface area contributed by atoms with Crippen molar-refractivity contribution in [3.05, 3.63) is 45.6 Å². The lowest BCUT2D eigenvalue weighted by atomic mass is 10.2. The van der Waals surface area contributed by atoms with E-state index in [9.17, 15) is 9.59 Å². The standard InChI is InChI=1S/C18H15Cl2N5O2S/c1-9-16(27)15-17(24(9)2)21-8-25(15)6-14(26)23-18-22-13(7-28-18)10-3-4-11(19)12(20)5-10/h3-5,7-9H,6H2,1-2H3,(H,22,23,26). The number of carbonyl (C=O) groups excluding carboxylic acids is 2. The lowest BCUT2D eigenvalue weighted by Gasteiger charge is -2.14. The summed E-state index contributed by atoms with van der Waals surface area (Å²) in [6.45, 7) is 1.80. The van der Waals surface area contributed by atoms with E-state index in [0.717, 1.165) is 5.56 Å². The van der Waals surface area contributed by atoms with Crippen LogP contribution in [0.1, 0.15) is 17.4 Å². The van der Waals surface area contributed by atoms with Crippen LogP contribution < -0.4 is 10.2 Å². The van der Waals surface area contributed by atoms with Gasteiger partial charge in [0.1, 0.15) is 12.2 Å². The fraction of sp³-hybridized carbons (Fsp3) is 0.222. The lowest BCUT2D eigenvalue weighted by molar-refractivity contribution is -0.116. The highest BCUT2D eigenvalue weighted by Crippen LogP contribution is 2.31. The lowest BCUT2D eigenvalue weighted by Crippen LogP contribution is -2.29. The van der Waals surface area contributed by atoms with E-state index in [4.69, 9.17) is 23.2 Å². The second kappa shape index (κ2) is 7.20. The summed E-state index contributed by atoms with van der Waals surface area (Å²) in [6.07, 6.45) is 1.51. The summed E-state index contributed by atoms with van der Waals surface area (Å²) in [4.78, 5) is 35.3. The monoisotopic (exact) mass is 435 g/mol. The van der Waals surface area contributed by atoms with E-state index in [2.05, 4.69) is 15.3 Å². The normalized spacial score (nSPS) is 15.8. The Labute approximate surface area is 174 Å². The molecule has 1 aliphatic rings. The van der Waals surface area contributed by atoms with E-state index in [1.807, 2.05) is 25.4 Å². The molecule has 7 nitrogen and oxygen atoms in total. The maximum atomic E-state index is 12.4. The van der Waals surface area contributed by atoms with Crippen molar-refractivity contribution < 1.29 is 9.59 Å². The maximum Gasteiger partial charge on any atom is 0.246 e. The van der Waals surface area contributed by atoms with E-state index >= 15 is 0 Å². The van der Waals surface area contributed by atoms with Crippen molar-refractivity contribution >= 4 is 57.2 Å². The Bertz CT molecular complexity index is 1090. The first-order valence-corrected chi connectivity index (χ1v) is 10.0. The Morgan fingerprint density at radius 2 is 2.11 bits per heavy atom. The van der Waals surface area contributed by atoms with Crippen molar-refractivity contribution in [3.63, 3.8) is 0 Å². The third-order valence-electron chi connectivity index (χ3n) is 4.63. The fourth-order valence-electron chi connectivity index (χ4n) is 2.99. The predicted octanol–water partition coefficient (Wildman–Crippen LogP) is 3.97. The molecule has 1 atom stereocenters. The van der Waals surface area contributed by atoms with Crippen LogP contribution in [-0.4, -0.2) is 39.3 Å². The molecule has 3 heterocycles. The van der Waals surface area contributed by atoms with Gasteiger partial charge in [-0.2, -0.15) is 0 Å². The van der Waals surface area contributed by atoms with Gasteiger partial charge in [0.25, 0.3) is 0 Å². The largest absolute Gasteiger partial charge is 0.348 e. The molecule has 3 aromatic rings. The average molecular weight is 436 g/mol. The van der Waals surface area contributed by atoms with Gasteiger partial charge in [0, 0.05) is 18.0 Å². The number of nitrogens with one attached hydrogen (secondary N) is 1. The fourth-order valence-corrected chi connectivity index (χ4v) is 4.03. The molecule has 0 fully saturated rings. The first kappa shape index (κ1) is 18.9. The number of halogens is 2. The Morgan fingerprint density at radius 1 is 1.32 bits per heavy atom. The summed E-state index contributed by atoms with van der Waals surface area (Å²) >= 11 is 13.3. The van der Waals surface area contributed by atoms with Gasteiger partial charge in [-0.25, -0.2) is 9.97 Å². The van der Waals surface area contributed by atoms with Gasteiger partial charge in [0.05, 0.1) is 28.1 Å². The molecule has 0 spiro atoms. The van der Waals surface area contributed by atoms with E-state index < -0.39 is 0 Å². The summed E-state index contributed by atoms with van der Waals surface area (Å²) < 4.78 is 1.57. The van der Waals surface area contributed by atoms with Gasteiger partial charge in [-0.05, 0) is 19.1 Å². The van der Waals surface area contributed by atoms with Crippen LogP contribution in [0.3, 0.4) is 0 Å². The third-order valence-corrected chi connectivity index (χ3v) is 6.12. The molecule has 0 radical (unpaired) electrons. The minimum absolute atomic E-state index is 0.0175. The van der Waals surface area contributed by atoms with E-state index in [1.54, 1.807) is 21.6 Å². The number of hydrogen-bond donors (Lipinski definition) is 1. The molecule has 1 amide bonds. The highest BCUT2D eigenvalue weighted by molar-refractivity contribution is 7.14. The molecule has 144 valence electrons. The van der Waals surface area contributed by atoms with Crippen LogP contribution >= 0.6 is 34.5 Å². The second-order valence-corrected chi connectivity index (χ2v) is 8.08. The van der Waals surface area contributed by atoms with Gasteiger partial charge in [0.15, 0.2) is 10.9 Å². The molecular weight excluding hydrogens is 421 g/mol. The first-order valence-electron chi connectivity index (χ1n) is 8.38. The third kappa shape index (κ3) is 3.28. The van der Waals surface area contributed by atoms with Crippen LogP contribution in [0, 0.1) is 0 Å². The van der Waals surface area contributed by atoms with Crippen LogP contribution in [0.15, 0.2) is 29.9 Å². The topological polar surface area (TPSA) is 80.1 Å². The van der Waals surface area contributed by atoms with Crippen molar-refractivity contribution in [1.82, 2.24) is 14.5 Å². The van der Waals surface area contributed by atoms with Gasteiger partial charge >= 0.3 is 0 Å². The summed E-state index contributed by atoms with van der Waals surface area (Å²) in [5.41, 5.74) is 1.95. The summed E-state index contributed by atoms with van der Waals surface area (Å²) in [7, 11) is 1.81. The molecule has 28 heavy (non-hydrogen) atoms. The number of hydrogen-bond acceptors (Lipinski definition) is 6. The van der Waals surface area contributed by atoms with Crippen LogP contribution in [0.2, 0.25) is 10.0 Å². The second-order valence-electron chi connectivity index (χ2n) is 6.41. The maximum absolute atomic E-state index is 12.4. The zero-order valence-corrected chi connectivity index (χ0v) is 17.3. The number of fused-ring (bicyclic) bond motifs is 1. The Balaban J connectivity index is 1.47. The van der Waals surface area contributed by atoms with Gasteiger partial charge in [-0.1, -0.05) is 29.3 Å². The van der Waals surface area contributed by atoms with Gasteiger partial charge in [-0.3, -0.25) is 9.59 Å². The van der Waals surface area contributed by atoms with Gasteiger partial charge < -0.3 is 14.8 Å². The van der Waals surface area contributed by atoms with Crippen LogP contribution in [-0.2, 0) is 11.3 Å². The number of anilines is 2. The summed E-state index contributed by atoms with van der Waals surface area (Å²) in [5.74, 6) is 0.269. The Morgan fingerprint density at radius 3 is 2.86 bits per heavy atom. The van der Waals surface area contributed by atoms with Crippen molar-refractivity contribution in [2.75, 3.05) is 17.3 Å². The number of Topliss-reactive ketones (excluding diaryl/α,β-unsaturated/α-hetero) is 1. The van der Waals surface area contributed by atoms with Gasteiger partial charge in [0.2, 0.25) is 11.7 Å². The number of aromatic nitrogens is 3. The number of carbonyl (C=O) groups is 2. The molecule has 4 rings (SSSR count). The first-order chi connectivity index (χ1) is 13.3. The zero-order valence-electron chi connectivity index (χ0n) is 14.9. The minimum atomic E-state index is -0.287. The number of nitrogens with zero attached hydrogens (tertiary/aromatic N) is 4. The Kier molecular flexibility index (Phi) is 4.86. The van der Waals surface area contributed by atoms with Crippen molar-refractivity contribution in [2.45, 2.75) is 19.5 Å². The molecule has 2 aromatic heterocycles. The molecule has 1 N–H and O–H groups in total. The minimum Gasteiger partial charge on any atom is -0.348 e. The predicted molar refractivity (Wildman–Crippen MR) is 111 cm³/mol. The van der Waals surface area contributed by atoms with Crippen LogP contribution in [0.25, 0.3) is 11.3 Å².